The van der Waals surface area contributed by atoms with Crippen LogP contribution in [0, 0.1) is 17.2 Å². The van der Waals surface area contributed by atoms with Crippen LogP contribution in [0.5, 0.6) is 0 Å². The molecule has 0 radical (unpaired) electrons. The molecule has 0 spiro atoms. The average molecular weight is 351 g/mol. The second kappa shape index (κ2) is 5.64. The summed E-state index contributed by atoms with van der Waals surface area (Å²) in [5.41, 5.74) is 0.575. The summed E-state index contributed by atoms with van der Waals surface area (Å²) in [6.45, 7) is 1.86. The summed E-state index contributed by atoms with van der Waals surface area (Å²) in [7, 11) is 2.03. The summed E-state index contributed by atoms with van der Waals surface area (Å²) in [5.74, 6) is 1.14. The van der Waals surface area contributed by atoms with Gasteiger partial charge in [-0.15, -0.1) is 0 Å². The van der Waals surface area contributed by atoms with Gasteiger partial charge in [0.05, 0.1) is 10.7 Å². The standard InChI is InChI=1S/C14H15BrN4O2/c1-19-5-8(7-20)11(6-19)18-14-13(15)10-2-9(3-16)21-12(10)4-17-14/h2,4,8,11,20H,5-7H2,1H3,(H,17,18). The molecule has 0 aromatic carbocycles. The Hall–Kier alpha value is -1.62. The van der Waals surface area contributed by atoms with Crippen molar-refractivity contribution in [3.63, 3.8) is 0 Å². The first-order chi connectivity index (χ1) is 10.1. The van der Waals surface area contributed by atoms with E-state index in [0.29, 0.717) is 11.4 Å². The predicted molar refractivity (Wildman–Crippen MR) is 81.9 cm³/mol. The van der Waals surface area contributed by atoms with Gasteiger partial charge < -0.3 is 19.7 Å². The summed E-state index contributed by atoms with van der Waals surface area (Å²) in [6.07, 6.45) is 1.61. The van der Waals surface area contributed by atoms with Crippen LogP contribution in [0.1, 0.15) is 5.76 Å². The average Bonchev–Trinajstić information content (AvgIpc) is 3.05. The number of nitrogens with zero attached hydrogens (tertiary/aromatic N) is 3. The van der Waals surface area contributed by atoms with E-state index in [4.69, 9.17) is 9.68 Å². The number of likely N-dealkylation sites (tertiary alicyclic amines) is 1. The molecule has 21 heavy (non-hydrogen) atoms. The summed E-state index contributed by atoms with van der Waals surface area (Å²) < 4.78 is 6.13. The zero-order chi connectivity index (χ0) is 15.0. The number of aliphatic hydroxyl groups is 1. The number of pyridine rings is 1. The van der Waals surface area contributed by atoms with Crippen molar-refractivity contribution in [3.8, 4) is 6.07 Å². The molecule has 0 bridgehead atoms. The highest BCUT2D eigenvalue weighted by atomic mass is 79.9. The summed E-state index contributed by atoms with van der Waals surface area (Å²) in [5, 5.41) is 22.5. The fraction of sp³-hybridized carbons (Fsp3) is 0.429. The van der Waals surface area contributed by atoms with Crippen LogP contribution in [0.3, 0.4) is 0 Å². The van der Waals surface area contributed by atoms with Crippen molar-refractivity contribution in [2.24, 2.45) is 5.92 Å². The van der Waals surface area contributed by atoms with Gasteiger partial charge in [0.25, 0.3) is 0 Å². The molecule has 1 aliphatic rings. The highest BCUT2D eigenvalue weighted by Gasteiger charge is 2.31. The lowest BCUT2D eigenvalue weighted by Gasteiger charge is -2.19. The molecular weight excluding hydrogens is 336 g/mol. The van der Waals surface area contributed by atoms with E-state index in [1.165, 1.54) is 0 Å². The Kier molecular flexibility index (Phi) is 3.85. The first-order valence-electron chi connectivity index (χ1n) is 6.66. The van der Waals surface area contributed by atoms with E-state index in [0.717, 1.165) is 22.9 Å². The first-order valence-corrected chi connectivity index (χ1v) is 7.45. The number of hydrogen-bond acceptors (Lipinski definition) is 6. The fourth-order valence-corrected chi connectivity index (χ4v) is 3.27. The predicted octanol–water partition coefficient (Wildman–Crippen LogP) is 1.80. The van der Waals surface area contributed by atoms with Crippen LogP contribution >= 0.6 is 15.9 Å². The smallest absolute Gasteiger partial charge is 0.204 e. The van der Waals surface area contributed by atoms with Crippen molar-refractivity contribution in [2.45, 2.75) is 6.04 Å². The number of nitriles is 1. The molecule has 0 aliphatic carbocycles. The molecule has 110 valence electrons. The number of nitrogens with one attached hydrogen (secondary N) is 1. The minimum absolute atomic E-state index is 0.142. The van der Waals surface area contributed by atoms with Crippen LogP contribution < -0.4 is 5.32 Å². The molecule has 3 heterocycles. The SMILES string of the molecule is CN1CC(CO)C(Nc2ncc3oc(C#N)cc3c2Br)C1. The summed E-state index contributed by atoms with van der Waals surface area (Å²) >= 11 is 3.52. The van der Waals surface area contributed by atoms with Gasteiger partial charge in [0.2, 0.25) is 5.76 Å². The van der Waals surface area contributed by atoms with Gasteiger partial charge >= 0.3 is 0 Å². The number of aromatic nitrogens is 1. The van der Waals surface area contributed by atoms with Gasteiger partial charge in [0.1, 0.15) is 11.9 Å². The molecule has 2 atom stereocenters. The lowest BCUT2D eigenvalue weighted by Crippen LogP contribution is -2.30. The number of hydrogen-bond donors (Lipinski definition) is 2. The Morgan fingerprint density at radius 1 is 1.62 bits per heavy atom. The quantitative estimate of drug-likeness (QED) is 0.877. The minimum atomic E-state index is 0.142. The third-order valence-electron chi connectivity index (χ3n) is 3.81. The monoisotopic (exact) mass is 350 g/mol. The van der Waals surface area contributed by atoms with Gasteiger partial charge in [-0.25, -0.2) is 4.98 Å². The number of aliphatic hydroxyl groups excluding tert-OH is 1. The molecule has 0 amide bonds. The Morgan fingerprint density at radius 3 is 3.14 bits per heavy atom. The molecule has 2 aromatic heterocycles. The number of likely N-dealkylation sites (N-methyl/N-ethyl adjacent to an activating group) is 1. The zero-order valence-corrected chi connectivity index (χ0v) is 13.1. The first kappa shape index (κ1) is 14.3. The van der Waals surface area contributed by atoms with Crippen molar-refractivity contribution in [2.75, 3.05) is 32.1 Å². The van der Waals surface area contributed by atoms with Crippen molar-refractivity contribution in [3.05, 3.63) is 22.5 Å². The van der Waals surface area contributed by atoms with Gasteiger partial charge in [-0.2, -0.15) is 5.26 Å². The lowest BCUT2D eigenvalue weighted by atomic mass is 10.1. The maximum absolute atomic E-state index is 9.46. The molecule has 3 rings (SSSR count). The van der Waals surface area contributed by atoms with Gasteiger partial charge in [-0.05, 0) is 23.0 Å². The number of halogens is 1. The van der Waals surface area contributed by atoms with Crippen LogP contribution in [0.4, 0.5) is 5.82 Å². The third kappa shape index (κ3) is 2.62. The number of rotatable bonds is 3. The molecule has 1 fully saturated rings. The highest BCUT2D eigenvalue weighted by Crippen LogP contribution is 2.33. The van der Waals surface area contributed by atoms with E-state index in [1.54, 1.807) is 12.3 Å². The highest BCUT2D eigenvalue weighted by molar-refractivity contribution is 9.10. The summed E-state index contributed by atoms with van der Waals surface area (Å²) in [4.78, 5) is 6.53. The van der Waals surface area contributed by atoms with E-state index >= 15 is 0 Å². The molecule has 6 nitrogen and oxygen atoms in total. The maximum Gasteiger partial charge on any atom is 0.204 e. The van der Waals surface area contributed by atoms with Crippen molar-refractivity contribution in [1.82, 2.24) is 9.88 Å². The van der Waals surface area contributed by atoms with Crippen LogP contribution in [0.25, 0.3) is 11.0 Å². The van der Waals surface area contributed by atoms with Gasteiger partial charge in [0, 0.05) is 43.1 Å². The van der Waals surface area contributed by atoms with Crippen molar-refractivity contribution >= 4 is 32.7 Å². The van der Waals surface area contributed by atoms with Crippen LogP contribution in [-0.2, 0) is 0 Å². The zero-order valence-electron chi connectivity index (χ0n) is 11.5. The normalized spacial score (nSPS) is 22.6. The number of anilines is 1. The van der Waals surface area contributed by atoms with Crippen LogP contribution in [-0.4, -0.2) is 47.8 Å². The minimum Gasteiger partial charge on any atom is -0.444 e. The topological polar surface area (TPSA) is 85.3 Å². The molecule has 2 unspecified atom stereocenters. The molecule has 0 saturated carbocycles. The van der Waals surface area contributed by atoms with Crippen LogP contribution in [0.2, 0.25) is 0 Å². The Balaban J connectivity index is 1.91. The maximum atomic E-state index is 9.46. The largest absolute Gasteiger partial charge is 0.444 e. The molecular formula is C14H15BrN4O2. The molecule has 2 aromatic rings. The number of furan rings is 1. The Labute approximate surface area is 130 Å². The Morgan fingerprint density at radius 2 is 2.43 bits per heavy atom. The van der Waals surface area contributed by atoms with Crippen LogP contribution in [0.15, 0.2) is 21.2 Å². The van der Waals surface area contributed by atoms with E-state index in [9.17, 15) is 5.11 Å². The van der Waals surface area contributed by atoms with E-state index in [2.05, 4.69) is 31.1 Å². The van der Waals surface area contributed by atoms with Gasteiger partial charge in [-0.1, -0.05) is 0 Å². The Bertz CT molecular complexity index is 709. The van der Waals surface area contributed by atoms with Gasteiger partial charge in [-0.3, -0.25) is 0 Å². The van der Waals surface area contributed by atoms with Crippen molar-refractivity contribution in [1.29, 1.82) is 5.26 Å². The molecule has 1 aliphatic heterocycles. The van der Waals surface area contributed by atoms with Gasteiger partial charge in [0.15, 0.2) is 5.58 Å². The number of fused-ring (bicyclic) bond motifs is 1. The second-order valence-electron chi connectivity index (χ2n) is 5.34. The molecule has 1 saturated heterocycles. The van der Waals surface area contributed by atoms with E-state index in [1.807, 2.05) is 13.1 Å². The summed E-state index contributed by atoms with van der Waals surface area (Å²) in [6, 6.07) is 3.82. The van der Waals surface area contributed by atoms with Crippen molar-refractivity contribution < 1.29 is 9.52 Å². The fourth-order valence-electron chi connectivity index (χ4n) is 2.75. The van der Waals surface area contributed by atoms with E-state index in [-0.39, 0.29) is 24.3 Å². The molecule has 7 heteroatoms. The third-order valence-corrected chi connectivity index (χ3v) is 4.61. The second-order valence-corrected chi connectivity index (χ2v) is 6.13. The lowest BCUT2D eigenvalue weighted by molar-refractivity contribution is 0.223. The van der Waals surface area contributed by atoms with E-state index < -0.39 is 0 Å². The molecule has 2 N–H and O–H groups in total.